The van der Waals surface area contributed by atoms with Crippen LogP contribution in [-0.4, -0.2) is 18.0 Å². The Morgan fingerprint density at radius 3 is 2.65 bits per heavy atom. The summed E-state index contributed by atoms with van der Waals surface area (Å²) in [5.41, 5.74) is 4.37. The Bertz CT molecular complexity index is 913. The van der Waals surface area contributed by atoms with Gasteiger partial charge in [-0.1, -0.05) is 23.7 Å². The zero-order valence-corrected chi connectivity index (χ0v) is 15.3. The molecule has 1 aliphatic rings. The fraction of sp³-hybridized carbons (Fsp3) is 0.222. The zero-order chi connectivity index (χ0) is 18.5. The van der Waals surface area contributed by atoms with Gasteiger partial charge in [0, 0.05) is 9.90 Å². The minimum absolute atomic E-state index is 0.432. The first-order valence-electron chi connectivity index (χ1n) is 8.03. The molecule has 1 aromatic heterocycles. The molecule has 0 aliphatic heterocycles. The number of rotatable bonds is 3. The summed E-state index contributed by atoms with van der Waals surface area (Å²) in [5, 5.41) is 16.7. The van der Waals surface area contributed by atoms with E-state index in [0.717, 1.165) is 41.7 Å². The number of carbonyl (C=O) groups excluding carboxylic acids is 2. The maximum Gasteiger partial charge on any atom is 0.329 e. The van der Waals surface area contributed by atoms with Gasteiger partial charge in [-0.15, -0.1) is 11.3 Å². The van der Waals surface area contributed by atoms with Crippen LogP contribution in [0.25, 0.3) is 0 Å². The van der Waals surface area contributed by atoms with Crippen molar-refractivity contribution in [2.45, 2.75) is 25.7 Å². The molecule has 6 nitrogen and oxygen atoms in total. The van der Waals surface area contributed by atoms with Gasteiger partial charge in [-0.2, -0.15) is 10.4 Å². The third-order valence-electron chi connectivity index (χ3n) is 3.97. The molecule has 1 aromatic carbocycles. The molecule has 2 N–H and O–H groups in total. The Labute approximate surface area is 159 Å². The number of hydrogen-bond donors (Lipinski definition) is 2. The van der Waals surface area contributed by atoms with Crippen molar-refractivity contribution >= 4 is 46.0 Å². The van der Waals surface area contributed by atoms with Gasteiger partial charge in [0.2, 0.25) is 0 Å². The third kappa shape index (κ3) is 4.10. The van der Waals surface area contributed by atoms with Crippen LogP contribution in [0.2, 0.25) is 5.02 Å². The largest absolute Gasteiger partial charge is 0.329 e. The van der Waals surface area contributed by atoms with Gasteiger partial charge >= 0.3 is 11.8 Å². The molecule has 1 aliphatic carbocycles. The number of thiophene rings is 1. The first-order valence-corrected chi connectivity index (χ1v) is 9.22. The molecule has 0 spiro atoms. The van der Waals surface area contributed by atoms with Crippen molar-refractivity contribution in [2.24, 2.45) is 5.10 Å². The molecule has 3 rings (SSSR count). The second-order valence-electron chi connectivity index (χ2n) is 5.73. The summed E-state index contributed by atoms with van der Waals surface area (Å²) < 4.78 is 0. The highest BCUT2D eigenvalue weighted by molar-refractivity contribution is 7.16. The first kappa shape index (κ1) is 18.1. The highest BCUT2D eigenvalue weighted by Gasteiger charge is 2.23. The van der Waals surface area contributed by atoms with Gasteiger partial charge < -0.3 is 5.32 Å². The van der Waals surface area contributed by atoms with Gasteiger partial charge in [0.05, 0.1) is 11.8 Å². The van der Waals surface area contributed by atoms with Gasteiger partial charge in [-0.25, -0.2) is 5.43 Å². The number of fused-ring (bicyclic) bond motifs is 1. The normalized spacial score (nSPS) is 13.1. The van der Waals surface area contributed by atoms with Crippen LogP contribution in [0.1, 0.15) is 34.4 Å². The number of hydrogen-bond acceptors (Lipinski definition) is 5. The number of amides is 2. The van der Waals surface area contributed by atoms with E-state index in [1.807, 2.05) is 0 Å². The lowest BCUT2D eigenvalue weighted by atomic mass is 9.96. The van der Waals surface area contributed by atoms with Gasteiger partial charge in [-0.05, 0) is 48.9 Å². The maximum atomic E-state index is 12.1. The van der Waals surface area contributed by atoms with Crippen LogP contribution in [-0.2, 0) is 22.4 Å². The monoisotopic (exact) mass is 386 g/mol. The summed E-state index contributed by atoms with van der Waals surface area (Å²) in [7, 11) is 0. The van der Waals surface area contributed by atoms with E-state index in [-0.39, 0.29) is 0 Å². The van der Waals surface area contributed by atoms with Gasteiger partial charge in [0.15, 0.2) is 0 Å². The number of anilines is 1. The standard InChI is InChI=1S/C18H15ClN4O2S/c19-12-7-5-11(6-8-12)10-21-23-17(25)16(24)22-18-14(9-20)13-3-1-2-4-15(13)26-18/h5-8,10H,1-4H2,(H,22,24)(H,23,25)/b21-10+. The van der Waals surface area contributed by atoms with E-state index in [1.165, 1.54) is 17.6 Å². The molecule has 8 heteroatoms. The van der Waals surface area contributed by atoms with E-state index < -0.39 is 11.8 Å². The van der Waals surface area contributed by atoms with Crippen LogP contribution < -0.4 is 10.7 Å². The fourth-order valence-electron chi connectivity index (χ4n) is 2.70. The summed E-state index contributed by atoms with van der Waals surface area (Å²) in [6.07, 6.45) is 5.26. The van der Waals surface area contributed by atoms with Crippen molar-refractivity contribution in [1.82, 2.24) is 5.43 Å². The van der Waals surface area contributed by atoms with E-state index in [2.05, 4.69) is 21.9 Å². The van der Waals surface area contributed by atoms with Crippen LogP contribution in [0, 0.1) is 11.3 Å². The second kappa shape index (κ2) is 8.13. The lowest BCUT2D eigenvalue weighted by Crippen LogP contribution is -2.32. The highest BCUT2D eigenvalue weighted by atomic mass is 35.5. The predicted molar refractivity (Wildman–Crippen MR) is 101 cm³/mol. The molecule has 26 heavy (non-hydrogen) atoms. The van der Waals surface area contributed by atoms with E-state index >= 15 is 0 Å². The summed E-state index contributed by atoms with van der Waals surface area (Å²) >= 11 is 7.16. The predicted octanol–water partition coefficient (Wildman–Crippen LogP) is 3.24. The highest BCUT2D eigenvalue weighted by Crippen LogP contribution is 2.37. The van der Waals surface area contributed by atoms with E-state index in [0.29, 0.717) is 15.6 Å². The molecule has 2 amide bonds. The zero-order valence-electron chi connectivity index (χ0n) is 13.7. The van der Waals surface area contributed by atoms with Crippen molar-refractivity contribution in [3.63, 3.8) is 0 Å². The van der Waals surface area contributed by atoms with Gasteiger partial charge in [0.25, 0.3) is 0 Å². The van der Waals surface area contributed by atoms with E-state index in [9.17, 15) is 14.9 Å². The van der Waals surface area contributed by atoms with Crippen LogP contribution in [0.4, 0.5) is 5.00 Å². The first-order chi connectivity index (χ1) is 12.6. The van der Waals surface area contributed by atoms with Crippen molar-refractivity contribution < 1.29 is 9.59 Å². The minimum Gasteiger partial charge on any atom is -0.308 e. The quantitative estimate of drug-likeness (QED) is 0.481. The smallest absolute Gasteiger partial charge is 0.308 e. The lowest BCUT2D eigenvalue weighted by Gasteiger charge is -2.09. The Balaban J connectivity index is 1.63. The van der Waals surface area contributed by atoms with Crippen molar-refractivity contribution in [3.05, 3.63) is 50.9 Å². The number of nitriles is 1. The molecule has 0 saturated carbocycles. The van der Waals surface area contributed by atoms with Crippen LogP contribution >= 0.6 is 22.9 Å². The molecule has 2 aromatic rings. The van der Waals surface area contributed by atoms with Crippen LogP contribution in [0.15, 0.2) is 29.4 Å². The molecular weight excluding hydrogens is 372 g/mol. The van der Waals surface area contributed by atoms with Crippen LogP contribution in [0.5, 0.6) is 0 Å². The molecule has 0 fully saturated rings. The molecule has 132 valence electrons. The topological polar surface area (TPSA) is 94.4 Å². The number of carbonyl (C=O) groups is 2. The number of nitrogens with one attached hydrogen (secondary N) is 2. The Morgan fingerprint density at radius 1 is 1.19 bits per heavy atom. The number of hydrazone groups is 1. The van der Waals surface area contributed by atoms with Gasteiger partial charge in [-0.3, -0.25) is 9.59 Å². The van der Waals surface area contributed by atoms with Crippen molar-refractivity contribution in [1.29, 1.82) is 5.26 Å². The van der Waals surface area contributed by atoms with Gasteiger partial charge in [0.1, 0.15) is 11.1 Å². The fourth-order valence-corrected chi connectivity index (χ4v) is 4.06. The molecule has 0 atom stereocenters. The molecule has 0 bridgehead atoms. The summed E-state index contributed by atoms with van der Waals surface area (Å²) in [6.45, 7) is 0. The number of benzene rings is 1. The second-order valence-corrected chi connectivity index (χ2v) is 7.27. The van der Waals surface area contributed by atoms with Crippen LogP contribution in [0.3, 0.4) is 0 Å². The lowest BCUT2D eigenvalue weighted by molar-refractivity contribution is -0.136. The number of nitrogens with zero attached hydrogens (tertiary/aromatic N) is 2. The third-order valence-corrected chi connectivity index (χ3v) is 5.43. The SMILES string of the molecule is N#Cc1c(NC(=O)C(=O)N/N=C/c2ccc(Cl)cc2)sc2c1CCCC2. The Morgan fingerprint density at radius 2 is 1.92 bits per heavy atom. The average molecular weight is 387 g/mol. The maximum absolute atomic E-state index is 12.1. The Kier molecular flexibility index (Phi) is 5.66. The molecule has 0 unspecified atom stereocenters. The summed E-state index contributed by atoms with van der Waals surface area (Å²) in [6, 6.07) is 8.99. The number of aryl methyl sites for hydroxylation is 1. The molecular formula is C18H15ClN4O2S. The average Bonchev–Trinajstić information content (AvgIpc) is 3.00. The van der Waals surface area contributed by atoms with E-state index in [4.69, 9.17) is 11.6 Å². The Hall–Kier alpha value is -2.69. The van der Waals surface area contributed by atoms with Crippen molar-refractivity contribution in [3.8, 4) is 6.07 Å². The van der Waals surface area contributed by atoms with E-state index in [1.54, 1.807) is 24.3 Å². The van der Waals surface area contributed by atoms with Crippen molar-refractivity contribution in [2.75, 3.05) is 5.32 Å². The minimum atomic E-state index is -0.898. The molecule has 0 radical (unpaired) electrons. The number of halogens is 1. The summed E-state index contributed by atoms with van der Waals surface area (Å²) in [4.78, 5) is 25.1. The molecule has 1 heterocycles. The molecule has 0 saturated heterocycles. The summed E-state index contributed by atoms with van der Waals surface area (Å²) in [5.74, 6) is -1.75.